The van der Waals surface area contributed by atoms with Crippen molar-refractivity contribution in [2.75, 3.05) is 13.2 Å². The van der Waals surface area contributed by atoms with Gasteiger partial charge in [-0.05, 0) is 13.3 Å². The molecule has 0 radical (unpaired) electrons. The molecule has 25 heavy (non-hydrogen) atoms. The van der Waals surface area contributed by atoms with E-state index in [9.17, 15) is 30.3 Å². The van der Waals surface area contributed by atoms with Gasteiger partial charge in [0.2, 0.25) is 0 Å². The summed E-state index contributed by atoms with van der Waals surface area (Å²) in [5, 5.41) is 49.7. The molecule has 0 aromatic carbocycles. The number of fused-ring (bicyclic) bond motifs is 1. The van der Waals surface area contributed by atoms with Crippen molar-refractivity contribution in [3.63, 3.8) is 0 Å². The molecule has 0 aromatic heterocycles. The van der Waals surface area contributed by atoms with E-state index in [2.05, 4.69) is 0 Å². The van der Waals surface area contributed by atoms with E-state index in [0.717, 1.165) is 0 Å². The largest absolute Gasteiger partial charge is 0.394 e. The quantitative estimate of drug-likeness (QED) is 0.369. The first-order chi connectivity index (χ1) is 11.7. The summed E-state index contributed by atoms with van der Waals surface area (Å²) in [7, 11) is 0. The third-order valence-corrected chi connectivity index (χ3v) is 5.88. The molecule has 3 fully saturated rings. The molecule has 10 atom stereocenters. The molecule has 9 heteroatoms. The SMILES string of the molecule is C[C@H]1C(=O)CO[C@H]2[C@@H]1C[C@H](O)[C@@]2(C)O[C@@H]1O[C@H](CO)[C@@H](O)[C@H](O)[C@H]1O. The molecule has 5 N–H and O–H groups in total. The number of aliphatic hydroxyl groups excluding tert-OH is 5. The molecule has 1 aliphatic carbocycles. The summed E-state index contributed by atoms with van der Waals surface area (Å²) in [5.41, 5.74) is -1.27. The fourth-order valence-electron chi connectivity index (χ4n) is 4.09. The second-order valence-corrected chi connectivity index (χ2v) is 7.40. The van der Waals surface area contributed by atoms with Crippen LogP contribution in [0.2, 0.25) is 0 Å². The highest BCUT2D eigenvalue weighted by molar-refractivity contribution is 5.83. The number of Topliss-reactive ketones (excluding diaryl/α,β-unsaturated/α-hetero) is 1. The molecule has 144 valence electrons. The van der Waals surface area contributed by atoms with Crippen LogP contribution in [-0.4, -0.2) is 93.0 Å². The van der Waals surface area contributed by atoms with Gasteiger partial charge in [0.25, 0.3) is 0 Å². The van der Waals surface area contributed by atoms with Crippen LogP contribution in [0.1, 0.15) is 20.3 Å². The van der Waals surface area contributed by atoms with E-state index in [0.29, 0.717) is 6.42 Å². The summed E-state index contributed by atoms with van der Waals surface area (Å²) in [6.45, 7) is 2.74. The van der Waals surface area contributed by atoms with Gasteiger partial charge < -0.3 is 39.7 Å². The topological polar surface area (TPSA) is 146 Å². The van der Waals surface area contributed by atoms with Crippen molar-refractivity contribution in [2.45, 2.75) is 68.8 Å². The van der Waals surface area contributed by atoms with Crippen molar-refractivity contribution in [1.82, 2.24) is 0 Å². The Bertz CT molecular complexity index is 512. The van der Waals surface area contributed by atoms with Gasteiger partial charge in [-0.3, -0.25) is 4.79 Å². The highest BCUT2D eigenvalue weighted by Crippen LogP contribution is 2.46. The monoisotopic (exact) mass is 362 g/mol. The van der Waals surface area contributed by atoms with Crippen LogP contribution in [0.25, 0.3) is 0 Å². The zero-order valence-electron chi connectivity index (χ0n) is 14.2. The van der Waals surface area contributed by atoms with E-state index in [-0.39, 0.29) is 24.2 Å². The van der Waals surface area contributed by atoms with E-state index in [4.69, 9.17) is 14.2 Å². The van der Waals surface area contributed by atoms with Crippen LogP contribution in [-0.2, 0) is 19.0 Å². The van der Waals surface area contributed by atoms with Crippen molar-refractivity contribution < 1.29 is 44.5 Å². The van der Waals surface area contributed by atoms with Crippen LogP contribution in [0.15, 0.2) is 0 Å². The second kappa shape index (κ2) is 6.82. The van der Waals surface area contributed by atoms with Crippen LogP contribution in [0.4, 0.5) is 0 Å². The Kier molecular flexibility index (Phi) is 5.22. The van der Waals surface area contributed by atoms with E-state index in [1.807, 2.05) is 0 Å². The molecule has 2 aliphatic heterocycles. The molecule has 3 aliphatic rings. The third-order valence-electron chi connectivity index (χ3n) is 5.88. The number of hydrogen-bond donors (Lipinski definition) is 5. The highest BCUT2D eigenvalue weighted by atomic mass is 16.7. The van der Waals surface area contributed by atoms with Gasteiger partial charge in [-0.1, -0.05) is 6.92 Å². The Morgan fingerprint density at radius 1 is 1.20 bits per heavy atom. The Morgan fingerprint density at radius 3 is 2.52 bits per heavy atom. The first kappa shape index (κ1) is 19.1. The minimum Gasteiger partial charge on any atom is -0.394 e. The number of aliphatic hydroxyl groups is 5. The Morgan fingerprint density at radius 2 is 1.88 bits per heavy atom. The lowest BCUT2D eigenvalue weighted by Gasteiger charge is -2.45. The molecule has 2 heterocycles. The number of hydrogen-bond acceptors (Lipinski definition) is 9. The minimum atomic E-state index is -1.57. The first-order valence-corrected chi connectivity index (χ1v) is 8.51. The van der Waals surface area contributed by atoms with Crippen LogP contribution in [0.3, 0.4) is 0 Å². The standard InChI is InChI=1S/C16H26O9/c1-6-7-3-10(19)16(2,14(7)23-5-8(6)18)25-15-13(22)12(21)11(20)9(4-17)24-15/h6-7,9-15,17,19-22H,3-5H2,1-2H3/t6-,7-,9-,10+,11-,12+,13-,14+,15+,16-/m1/s1. The van der Waals surface area contributed by atoms with Crippen LogP contribution >= 0.6 is 0 Å². The summed E-state index contributed by atoms with van der Waals surface area (Å²) in [4.78, 5) is 11.9. The zero-order chi connectivity index (χ0) is 18.5. The number of carbonyl (C=O) groups is 1. The number of rotatable bonds is 3. The fourth-order valence-corrected chi connectivity index (χ4v) is 4.09. The van der Waals surface area contributed by atoms with Gasteiger partial charge in [0.1, 0.15) is 36.6 Å². The van der Waals surface area contributed by atoms with Crippen LogP contribution in [0.5, 0.6) is 0 Å². The van der Waals surface area contributed by atoms with E-state index >= 15 is 0 Å². The molecule has 9 nitrogen and oxygen atoms in total. The second-order valence-electron chi connectivity index (χ2n) is 7.40. The van der Waals surface area contributed by atoms with Crippen molar-refractivity contribution >= 4 is 5.78 Å². The van der Waals surface area contributed by atoms with Gasteiger partial charge >= 0.3 is 0 Å². The summed E-state index contributed by atoms with van der Waals surface area (Å²) in [6.07, 6.45) is -8.35. The Labute approximate surface area is 145 Å². The zero-order valence-corrected chi connectivity index (χ0v) is 14.2. The van der Waals surface area contributed by atoms with Crippen molar-refractivity contribution in [2.24, 2.45) is 11.8 Å². The lowest BCUT2D eigenvalue weighted by molar-refractivity contribution is -0.342. The van der Waals surface area contributed by atoms with Crippen LogP contribution in [0, 0.1) is 11.8 Å². The van der Waals surface area contributed by atoms with Crippen molar-refractivity contribution in [1.29, 1.82) is 0 Å². The predicted octanol–water partition coefficient (Wildman–Crippen LogP) is -2.45. The summed E-state index contributed by atoms with van der Waals surface area (Å²) in [5.74, 6) is -0.551. The molecule has 2 saturated heterocycles. The fraction of sp³-hybridized carbons (Fsp3) is 0.938. The molecular weight excluding hydrogens is 336 g/mol. The molecule has 1 saturated carbocycles. The average molecular weight is 362 g/mol. The van der Waals surface area contributed by atoms with E-state index < -0.39 is 55.1 Å². The lowest BCUT2D eigenvalue weighted by Crippen LogP contribution is -2.63. The summed E-state index contributed by atoms with van der Waals surface area (Å²) < 4.78 is 16.8. The van der Waals surface area contributed by atoms with Gasteiger partial charge in [-0.2, -0.15) is 0 Å². The van der Waals surface area contributed by atoms with Gasteiger partial charge in [0.05, 0.1) is 18.8 Å². The maximum atomic E-state index is 11.9. The Hall–Kier alpha value is -0.650. The highest BCUT2D eigenvalue weighted by Gasteiger charge is 2.60. The number of ketones is 1. The van der Waals surface area contributed by atoms with Crippen molar-refractivity contribution in [3.8, 4) is 0 Å². The Balaban J connectivity index is 1.80. The summed E-state index contributed by atoms with van der Waals surface area (Å²) in [6, 6.07) is 0. The van der Waals surface area contributed by atoms with Gasteiger partial charge in [-0.15, -0.1) is 0 Å². The number of carbonyl (C=O) groups excluding carboxylic acids is 1. The van der Waals surface area contributed by atoms with E-state index in [1.165, 1.54) is 0 Å². The predicted molar refractivity (Wildman–Crippen MR) is 81.3 cm³/mol. The van der Waals surface area contributed by atoms with E-state index in [1.54, 1.807) is 13.8 Å². The molecule has 0 aromatic rings. The molecule has 0 spiro atoms. The van der Waals surface area contributed by atoms with Crippen molar-refractivity contribution in [3.05, 3.63) is 0 Å². The molecule has 3 rings (SSSR count). The smallest absolute Gasteiger partial charge is 0.187 e. The molecule has 0 unspecified atom stereocenters. The summed E-state index contributed by atoms with van der Waals surface area (Å²) >= 11 is 0. The van der Waals surface area contributed by atoms with Crippen LogP contribution < -0.4 is 0 Å². The average Bonchev–Trinajstić information content (AvgIpc) is 2.83. The molecule has 0 bridgehead atoms. The van der Waals surface area contributed by atoms with Gasteiger partial charge in [-0.25, -0.2) is 0 Å². The third kappa shape index (κ3) is 3.02. The molecular formula is C16H26O9. The minimum absolute atomic E-state index is 0.0365. The maximum absolute atomic E-state index is 11.9. The number of ether oxygens (including phenoxy) is 3. The van der Waals surface area contributed by atoms with Gasteiger partial charge in [0, 0.05) is 11.8 Å². The van der Waals surface area contributed by atoms with Gasteiger partial charge in [0.15, 0.2) is 12.1 Å². The molecule has 0 amide bonds. The normalized spacial score (nSPS) is 53.7. The maximum Gasteiger partial charge on any atom is 0.187 e. The lowest BCUT2D eigenvalue weighted by atomic mass is 9.83. The first-order valence-electron chi connectivity index (χ1n) is 8.51.